The fourth-order valence-electron chi connectivity index (χ4n) is 1.15. The van der Waals surface area contributed by atoms with Crippen LogP contribution in [0.1, 0.15) is 33.6 Å². The smallest absolute Gasteiger partial charge is 0.223 e. The van der Waals surface area contributed by atoms with Gasteiger partial charge < -0.3 is 16.3 Å². The van der Waals surface area contributed by atoms with Crippen LogP contribution in [0.25, 0.3) is 0 Å². The maximum atomic E-state index is 11.5. The minimum atomic E-state index is -0.423. The third-order valence-electron chi connectivity index (χ3n) is 2.27. The fraction of sp³-hybridized carbons (Fsp3) is 0.778. The van der Waals surface area contributed by atoms with E-state index in [1.165, 1.54) is 0 Å². The van der Waals surface area contributed by atoms with Gasteiger partial charge in [0.25, 0.3) is 0 Å². The summed E-state index contributed by atoms with van der Waals surface area (Å²) in [5.41, 5.74) is 5.33. The summed E-state index contributed by atoms with van der Waals surface area (Å²) in [6.45, 7) is 5.60. The molecule has 1 unspecified atom stereocenters. The molecule has 0 aromatic carbocycles. The summed E-state index contributed by atoms with van der Waals surface area (Å²) in [5.74, 6) is -0.0256. The van der Waals surface area contributed by atoms with E-state index < -0.39 is 6.04 Å². The molecule has 0 heterocycles. The zero-order valence-corrected chi connectivity index (χ0v) is 8.95. The Morgan fingerprint density at radius 1 is 1.50 bits per heavy atom. The van der Waals surface area contributed by atoms with Crippen molar-refractivity contribution in [3.63, 3.8) is 0 Å². The van der Waals surface area contributed by atoms with E-state index in [2.05, 4.69) is 10.5 Å². The van der Waals surface area contributed by atoms with Crippen molar-refractivity contribution in [3.05, 3.63) is 0 Å². The van der Waals surface area contributed by atoms with Gasteiger partial charge in [0.15, 0.2) is 5.84 Å². The Balaban J connectivity index is 4.17. The molecule has 0 saturated heterocycles. The highest BCUT2D eigenvalue weighted by Gasteiger charge is 2.17. The van der Waals surface area contributed by atoms with Crippen molar-refractivity contribution >= 4 is 11.7 Å². The normalized spacial score (nSPS) is 14.1. The number of oxime groups is 1. The summed E-state index contributed by atoms with van der Waals surface area (Å²) in [7, 11) is 0. The van der Waals surface area contributed by atoms with Gasteiger partial charge in [-0.3, -0.25) is 4.79 Å². The molecule has 82 valence electrons. The first-order valence-electron chi connectivity index (χ1n) is 4.84. The molecule has 0 spiro atoms. The minimum absolute atomic E-state index is 0.00365. The highest BCUT2D eigenvalue weighted by Crippen LogP contribution is 2.07. The minimum Gasteiger partial charge on any atom is -0.409 e. The maximum absolute atomic E-state index is 11.5. The van der Waals surface area contributed by atoms with Crippen LogP contribution in [-0.2, 0) is 4.79 Å². The van der Waals surface area contributed by atoms with Gasteiger partial charge in [0.05, 0.1) is 6.04 Å². The Hall–Kier alpha value is -1.26. The molecule has 0 fully saturated rings. The van der Waals surface area contributed by atoms with E-state index in [1.54, 1.807) is 6.92 Å². The van der Waals surface area contributed by atoms with E-state index in [4.69, 9.17) is 10.9 Å². The zero-order chi connectivity index (χ0) is 11.1. The first-order chi connectivity index (χ1) is 6.56. The van der Waals surface area contributed by atoms with Crippen LogP contribution in [-0.4, -0.2) is 23.0 Å². The van der Waals surface area contributed by atoms with E-state index in [-0.39, 0.29) is 17.7 Å². The second-order valence-corrected chi connectivity index (χ2v) is 3.27. The van der Waals surface area contributed by atoms with Gasteiger partial charge in [0.2, 0.25) is 5.91 Å². The van der Waals surface area contributed by atoms with Crippen LogP contribution in [0.15, 0.2) is 5.16 Å². The van der Waals surface area contributed by atoms with Gasteiger partial charge in [-0.1, -0.05) is 19.0 Å². The predicted molar refractivity (Wildman–Crippen MR) is 55.1 cm³/mol. The highest BCUT2D eigenvalue weighted by molar-refractivity contribution is 5.90. The third-order valence-corrected chi connectivity index (χ3v) is 2.27. The van der Waals surface area contributed by atoms with Gasteiger partial charge in [0.1, 0.15) is 0 Å². The van der Waals surface area contributed by atoms with E-state index in [0.717, 1.165) is 12.8 Å². The summed E-state index contributed by atoms with van der Waals surface area (Å²) < 4.78 is 0. The van der Waals surface area contributed by atoms with Crippen LogP contribution in [0, 0.1) is 5.92 Å². The molecular formula is C9H19N3O2. The predicted octanol–water partition coefficient (Wildman–Crippen LogP) is 0.674. The maximum Gasteiger partial charge on any atom is 0.223 e. The second-order valence-electron chi connectivity index (χ2n) is 3.27. The summed E-state index contributed by atoms with van der Waals surface area (Å²) >= 11 is 0. The highest BCUT2D eigenvalue weighted by atomic mass is 16.4. The van der Waals surface area contributed by atoms with Crippen molar-refractivity contribution in [3.8, 4) is 0 Å². The summed E-state index contributed by atoms with van der Waals surface area (Å²) in [5, 5.41) is 13.9. The molecule has 0 bridgehead atoms. The molecule has 1 atom stereocenters. The summed E-state index contributed by atoms with van der Waals surface area (Å²) in [6.07, 6.45) is 1.59. The summed E-state index contributed by atoms with van der Waals surface area (Å²) in [6, 6.07) is -0.423. The molecule has 0 radical (unpaired) electrons. The van der Waals surface area contributed by atoms with Crippen LogP contribution in [0.5, 0.6) is 0 Å². The quantitative estimate of drug-likeness (QED) is 0.264. The van der Waals surface area contributed by atoms with Crippen LogP contribution < -0.4 is 11.1 Å². The zero-order valence-electron chi connectivity index (χ0n) is 8.95. The number of nitrogens with one attached hydrogen (secondary N) is 1. The lowest BCUT2D eigenvalue weighted by Crippen LogP contribution is -2.44. The summed E-state index contributed by atoms with van der Waals surface area (Å²) in [4.78, 5) is 11.5. The fourth-order valence-corrected chi connectivity index (χ4v) is 1.15. The first kappa shape index (κ1) is 12.7. The monoisotopic (exact) mass is 201 g/mol. The van der Waals surface area contributed by atoms with Crippen LogP contribution in [0.2, 0.25) is 0 Å². The Morgan fingerprint density at radius 3 is 2.36 bits per heavy atom. The molecule has 0 aliphatic rings. The number of nitrogens with two attached hydrogens (primary N) is 1. The average molecular weight is 201 g/mol. The lowest BCUT2D eigenvalue weighted by atomic mass is 10.0. The largest absolute Gasteiger partial charge is 0.409 e. The molecule has 4 N–H and O–H groups in total. The number of hydrogen-bond donors (Lipinski definition) is 3. The number of rotatable bonds is 5. The van der Waals surface area contributed by atoms with Gasteiger partial charge in [-0.05, 0) is 19.8 Å². The van der Waals surface area contributed by atoms with E-state index in [1.807, 2.05) is 13.8 Å². The number of carbonyl (C=O) groups is 1. The Kier molecular flexibility index (Phi) is 5.67. The molecule has 14 heavy (non-hydrogen) atoms. The van der Waals surface area contributed by atoms with Crippen LogP contribution in [0.3, 0.4) is 0 Å². The Labute approximate surface area is 84.4 Å². The van der Waals surface area contributed by atoms with Crippen LogP contribution >= 0.6 is 0 Å². The van der Waals surface area contributed by atoms with Gasteiger partial charge in [0, 0.05) is 5.92 Å². The second kappa shape index (κ2) is 6.23. The van der Waals surface area contributed by atoms with Crippen molar-refractivity contribution < 1.29 is 10.0 Å². The number of amides is 1. The molecular weight excluding hydrogens is 182 g/mol. The van der Waals surface area contributed by atoms with Crippen molar-refractivity contribution in [2.45, 2.75) is 39.7 Å². The molecule has 0 saturated carbocycles. The number of nitrogens with zero attached hydrogens (tertiary/aromatic N) is 1. The number of carbonyl (C=O) groups excluding carboxylic acids is 1. The molecule has 0 aliphatic heterocycles. The topological polar surface area (TPSA) is 87.7 Å². The molecule has 0 aliphatic carbocycles. The SMILES string of the molecule is CCC(CC)C(=O)NC(C)/C(N)=N/O. The van der Waals surface area contributed by atoms with E-state index in [0.29, 0.717) is 0 Å². The molecule has 5 nitrogen and oxygen atoms in total. The lowest BCUT2D eigenvalue weighted by molar-refractivity contribution is -0.125. The molecule has 0 rings (SSSR count). The van der Waals surface area contributed by atoms with E-state index >= 15 is 0 Å². The van der Waals surface area contributed by atoms with Gasteiger partial charge >= 0.3 is 0 Å². The first-order valence-corrected chi connectivity index (χ1v) is 4.84. The molecule has 1 amide bonds. The lowest BCUT2D eigenvalue weighted by Gasteiger charge is -2.16. The third kappa shape index (κ3) is 3.64. The molecule has 0 aromatic heterocycles. The van der Waals surface area contributed by atoms with Gasteiger partial charge in [-0.2, -0.15) is 0 Å². The Morgan fingerprint density at radius 2 is 2.00 bits per heavy atom. The molecule has 0 aromatic rings. The standard InChI is InChI=1S/C9H19N3O2/c1-4-7(5-2)9(13)11-6(3)8(10)12-14/h6-7,14H,4-5H2,1-3H3,(H2,10,12)(H,11,13). The van der Waals surface area contributed by atoms with Crippen LogP contribution in [0.4, 0.5) is 0 Å². The van der Waals surface area contributed by atoms with Crippen molar-refractivity contribution in [1.82, 2.24) is 5.32 Å². The van der Waals surface area contributed by atoms with Gasteiger partial charge in [-0.25, -0.2) is 0 Å². The van der Waals surface area contributed by atoms with Crippen molar-refractivity contribution in [2.75, 3.05) is 0 Å². The average Bonchev–Trinajstić information content (AvgIpc) is 2.18. The Bertz CT molecular complexity index is 212. The van der Waals surface area contributed by atoms with Crippen molar-refractivity contribution in [1.29, 1.82) is 0 Å². The number of amidine groups is 1. The van der Waals surface area contributed by atoms with E-state index in [9.17, 15) is 4.79 Å². The number of hydrogen-bond acceptors (Lipinski definition) is 3. The van der Waals surface area contributed by atoms with Crippen molar-refractivity contribution in [2.24, 2.45) is 16.8 Å². The molecule has 5 heteroatoms. The van der Waals surface area contributed by atoms with Gasteiger partial charge in [-0.15, -0.1) is 0 Å².